The zero-order valence-corrected chi connectivity index (χ0v) is 15.0. The predicted octanol–water partition coefficient (Wildman–Crippen LogP) is 1.52. The van der Waals surface area contributed by atoms with Crippen molar-refractivity contribution in [3.05, 3.63) is 35.4 Å². The van der Waals surface area contributed by atoms with Gasteiger partial charge < -0.3 is 10.2 Å². The predicted molar refractivity (Wildman–Crippen MR) is 94.2 cm³/mol. The Morgan fingerprint density at radius 2 is 1.60 bits per heavy atom. The van der Waals surface area contributed by atoms with Crippen LogP contribution in [0.4, 0.5) is 0 Å². The molecule has 1 saturated heterocycles. The summed E-state index contributed by atoms with van der Waals surface area (Å²) >= 11 is 0. The number of rotatable bonds is 4. The van der Waals surface area contributed by atoms with E-state index in [1.54, 1.807) is 29.2 Å². The molecule has 0 radical (unpaired) electrons. The van der Waals surface area contributed by atoms with E-state index < -0.39 is 6.04 Å². The van der Waals surface area contributed by atoms with Gasteiger partial charge >= 0.3 is 0 Å². The summed E-state index contributed by atoms with van der Waals surface area (Å²) < 4.78 is 0. The fourth-order valence-corrected chi connectivity index (χ4v) is 3.73. The third kappa shape index (κ3) is 3.06. The molecular weight excluding hydrogens is 318 g/mol. The largest absolute Gasteiger partial charge is 0.341 e. The lowest BCUT2D eigenvalue weighted by Gasteiger charge is -2.37. The Balaban J connectivity index is 1.84. The van der Waals surface area contributed by atoms with Crippen molar-refractivity contribution in [3.8, 4) is 0 Å². The fraction of sp³-hybridized carbons (Fsp3) is 0.526. The highest BCUT2D eigenvalue weighted by Crippen LogP contribution is 2.28. The Bertz CT molecular complexity index is 658. The number of hydrogen-bond acceptors (Lipinski definition) is 4. The van der Waals surface area contributed by atoms with Crippen LogP contribution < -0.4 is 5.32 Å². The highest BCUT2D eigenvalue weighted by Gasteiger charge is 2.45. The second-order valence-corrected chi connectivity index (χ2v) is 7.10. The molecule has 0 aromatic heterocycles. The number of carbonyl (C=O) groups excluding carboxylic acids is 3. The van der Waals surface area contributed by atoms with Gasteiger partial charge in [0.15, 0.2) is 0 Å². The van der Waals surface area contributed by atoms with Gasteiger partial charge in [-0.3, -0.25) is 19.3 Å². The van der Waals surface area contributed by atoms with E-state index >= 15 is 0 Å². The van der Waals surface area contributed by atoms with Crippen LogP contribution in [-0.2, 0) is 4.79 Å². The average molecular weight is 343 g/mol. The summed E-state index contributed by atoms with van der Waals surface area (Å²) in [5.74, 6) is -0.994. The molecule has 0 saturated carbocycles. The first-order valence-electron chi connectivity index (χ1n) is 8.88. The van der Waals surface area contributed by atoms with E-state index in [1.165, 1.54) is 4.90 Å². The monoisotopic (exact) mass is 343 g/mol. The number of imide groups is 1. The molecule has 1 fully saturated rings. The van der Waals surface area contributed by atoms with Crippen molar-refractivity contribution in [2.24, 2.45) is 5.92 Å². The Morgan fingerprint density at radius 1 is 1.08 bits per heavy atom. The van der Waals surface area contributed by atoms with Crippen LogP contribution in [0, 0.1) is 5.92 Å². The first-order chi connectivity index (χ1) is 12.0. The summed E-state index contributed by atoms with van der Waals surface area (Å²) in [7, 11) is 1.93. The van der Waals surface area contributed by atoms with Gasteiger partial charge in [0.1, 0.15) is 6.04 Å². The van der Waals surface area contributed by atoms with E-state index in [-0.39, 0.29) is 23.6 Å². The molecule has 1 aromatic rings. The maximum Gasteiger partial charge on any atom is 0.262 e. The quantitative estimate of drug-likeness (QED) is 0.842. The maximum atomic E-state index is 13.1. The second-order valence-electron chi connectivity index (χ2n) is 7.10. The molecule has 0 spiro atoms. The zero-order chi connectivity index (χ0) is 18.1. The fourth-order valence-electron chi connectivity index (χ4n) is 3.73. The molecule has 6 heteroatoms. The van der Waals surface area contributed by atoms with Gasteiger partial charge in [0.25, 0.3) is 11.8 Å². The van der Waals surface area contributed by atoms with E-state index in [9.17, 15) is 14.4 Å². The normalized spacial score (nSPS) is 19.5. The molecule has 25 heavy (non-hydrogen) atoms. The molecule has 0 bridgehead atoms. The van der Waals surface area contributed by atoms with Crippen molar-refractivity contribution in [2.75, 3.05) is 20.1 Å². The molecule has 0 aliphatic carbocycles. The molecule has 2 aliphatic heterocycles. The lowest BCUT2D eigenvalue weighted by Crippen LogP contribution is -2.55. The van der Waals surface area contributed by atoms with Gasteiger partial charge in [0, 0.05) is 19.1 Å². The minimum Gasteiger partial charge on any atom is -0.341 e. The van der Waals surface area contributed by atoms with E-state index in [0.29, 0.717) is 30.3 Å². The van der Waals surface area contributed by atoms with Crippen molar-refractivity contribution in [2.45, 2.75) is 38.8 Å². The third-order valence-electron chi connectivity index (χ3n) is 5.20. The van der Waals surface area contributed by atoms with Crippen molar-refractivity contribution >= 4 is 17.7 Å². The molecule has 1 unspecified atom stereocenters. The molecule has 2 heterocycles. The minimum atomic E-state index is -0.751. The summed E-state index contributed by atoms with van der Waals surface area (Å²) in [5, 5.41) is 3.24. The molecule has 1 atom stereocenters. The zero-order valence-electron chi connectivity index (χ0n) is 15.0. The maximum absolute atomic E-state index is 13.1. The minimum absolute atomic E-state index is 0.126. The Morgan fingerprint density at radius 3 is 2.04 bits per heavy atom. The van der Waals surface area contributed by atoms with Crippen molar-refractivity contribution in [1.29, 1.82) is 0 Å². The van der Waals surface area contributed by atoms with E-state index in [1.807, 2.05) is 20.9 Å². The van der Waals surface area contributed by atoms with Crippen LogP contribution in [0.25, 0.3) is 0 Å². The van der Waals surface area contributed by atoms with Gasteiger partial charge in [-0.05, 0) is 37.9 Å². The smallest absolute Gasteiger partial charge is 0.262 e. The number of amides is 3. The Labute approximate surface area is 148 Å². The number of nitrogens with one attached hydrogen (secondary N) is 1. The summed E-state index contributed by atoms with van der Waals surface area (Å²) in [5.41, 5.74) is 0.777. The highest BCUT2D eigenvalue weighted by atomic mass is 16.2. The number of fused-ring (bicyclic) bond motifs is 1. The average Bonchev–Trinajstić information content (AvgIpc) is 2.87. The van der Waals surface area contributed by atoms with E-state index in [4.69, 9.17) is 0 Å². The summed E-state index contributed by atoms with van der Waals surface area (Å²) in [6.07, 6.45) is 1.77. The standard InChI is InChI=1S/C19H25N3O3/c1-12(2)16(19(25)21-10-8-13(20-3)9-11-21)22-17(23)14-6-4-5-7-15(14)18(22)24/h4-7,12-13,16,20H,8-11H2,1-3H3. The van der Waals surface area contributed by atoms with Crippen LogP contribution in [-0.4, -0.2) is 59.7 Å². The van der Waals surface area contributed by atoms with Gasteiger partial charge in [0.2, 0.25) is 5.91 Å². The molecule has 3 amide bonds. The van der Waals surface area contributed by atoms with Gasteiger partial charge in [-0.1, -0.05) is 26.0 Å². The summed E-state index contributed by atoms with van der Waals surface area (Å²) in [6.45, 7) is 5.06. The molecule has 3 rings (SSSR count). The van der Waals surface area contributed by atoms with E-state index in [2.05, 4.69) is 5.32 Å². The molecule has 1 aromatic carbocycles. The summed E-state index contributed by atoms with van der Waals surface area (Å²) in [4.78, 5) is 41.6. The van der Waals surface area contributed by atoms with Crippen molar-refractivity contribution < 1.29 is 14.4 Å². The number of benzene rings is 1. The van der Waals surface area contributed by atoms with Crippen LogP contribution in [0.15, 0.2) is 24.3 Å². The van der Waals surface area contributed by atoms with Gasteiger partial charge in [-0.15, -0.1) is 0 Å². The van der Waals surface area contributed by atoms with Crippen LogP contribution in [0.1, 0.15) is 47.4 Å². The second kappa shape index (κ2) is 6.96. The molecule has 1 N–H and O–H groups in total. The Kier molecular flexibility index (Phi) is 4.90. The topological polar surface area (TPSA) is 69.7 Å². The number of carbonyl (C=O) groups is 3. The lowest BCUT2D eigenvalue weighted by molar-refractivity contribution is -0.138. The molecular formula is C19H25N3O3. The highest BCUT2D eigenvalue weighted by molar-refractivity contribution is 6.22. The van der Waals surface area contributed by atoms with Crippen LogP contribution >= 0.6 is 0 Å². The molecule has 134 valence electrons. The van der Waals surface area contributed by atoms with E-state index in [0.717, 1.165) is 12.8 Å². The third-order valence-corrected chi connectivity index (χ3v) is 5.20. The molecule has 6 nitrogen and oxygen atoms in total. The van der Waals surface area contributed by atoms with Crippen LogP contribution in [0.2, 0.25) is 0 Å². The first-order valence-corrected chi connectivity index (χ1v) is 8.88. The Hall–Kier alpha value is -2.21. The SMILES string of the molecule is CNC1CCN(C(=O)C(C(C)C)N2C(=O)c3ccccc3C2=O)CC1. The number of piperidine rings is 1. The van der Waals surface area contributed by atoms with Gasteiger partial charge in [-0.2, -0.15) is 0 Å². The lowest BCUT2D eigenvalue weighted by atomic mass is 9.98. The number of likely N-dealkylation sites (tertiary alicyclic amines) is 1. The van der Waals surface area contributed by atoms with Crippen molar-refractivity contribution in [3.63, 3.8) is 0 Å². The van der Waals surface area contributed by atoms with Gasteiger partial charge in [0.05, 0.1) is 11.1 Å². The van der Waals surface area contributed by atoms with Crippen LogP contribution in [0.5, 0.6) is 0 Å². The number of nitrogens with zero attached hydrogens (tertiary/aromatic N) is 2. The summed E-state index contributed by atoms with van der Waals surface area (Å²) in [6, 6.07) is 6.44. The number of hydrogen-bond donors (Lipinski definition) is 1. The van der Waals surface area contributed by atoms with Crippen molar-refractivity contribution in [1.82, 2.24) is 15.1 Å². The van der Waals surface area contributed by atoms with Gasteiger partial charge in [-0.25, -0.2) is 0 Å². The molecule has 2 aliphatic rings. The first kappa shape index (κ1) is 17.6. The van der Waals surface area contributed by atoms with Crippen LogP contribution in [0.3, 0.4) is 0 Å².